The zero-order chi connectivity index (χ0) is 18.9. The second-order valence-electron chi connectivity index (χ2n) is 6.22. The summed E-state index contributed by atoms with van der Waals surface area (Å²) in [4.78, 5) is 26.6. The predicted octanol–water partition coefficient (Wildman–Crippen LogP) is 4.07. The third-order valence-electron chi connectivity index (χ3n) is 3.95. The van der Waals surface area contributed by atoms with Gasteiger partial charge in [-0.25, -0.2) is 4.79 Å². The van der Waals surface area contributed by atoms with Gasteiger partial charge in [-0.2, -0.15) is 0 Å². The van der Waals surface area contributed by atoms with Crippen LogP contribution in [0.1, 0.15) is 36.9 Å². The van der Waals surface area contributed by atoms with Crippen molar-refractivity contribution in [1.82, 2.24) is 4.90 Å². The zero-order valence-corrected chi connectivity index (χ0v) is 15.4. The molecule has 5 nitrogen and oxygen atoms in total. The van der Waals surface area contributed by atoms with Crippen molar-refractivity contribution in [2.24, 2.45) is 5.92 Å². The molecular formula is C21H25NO4. The van der Waals surface area contributed by atoms with E-state index < -0.39 is 5.97 Å². The molecule has 0 spiro atoms. The number of rotatable bonds is 8. The van der Waals surface area contributed by atoms with Crippen LogP contribution in [0.4, 0.5) is 0 Å². The van der Waals surface area contributed by atoms with Gasteiger partial charge in [0.1, 0.15) is 5.76 Å². The summed E-state index contributed by atoms with van der Waals surface area (Å²) in [7, 11) is 0. The average molecular weight is 355 g/mol. The highest BCUT2D eigenvalue weighted by molar-refractivity contribution is 5.94. The van der Waals surface area contributed by atoms with E-state index in [9.17, 15) is 9.59 Å². The molecule has 0 aliphatic rings. The Morgan fingerprint density at radius 3 is 2.46 bits per heavy atom. The average Bonchev–Trinajstić information content (AvgIpc) is 3.14. The Morgan fingerprint density at radius 2 is 1.88 bits per heavy atom. The van der Waals surface area contributed by atoms with Gasteiger partial charge in [0.25, 0.3) is 5.91 Å². The zero-order valence-electron chi connectivity index (χ0n) is 15.4. The normalized spacial score (nSPS) is 12.3. The Kier molecular flexibility index (Phi) is 7.21. The van der Waals surface area contributed by atoms with Gasteiger partial charge in [0.05, 0.1) is 25.5 Å². The molecule has 2 aromatic rings. The molecule has 26 heavy (non-hydrogen) atoms. The van der Waals surface area contributed by atoms with Crippen molar-refractivity contribution in [3.8, 4) is 0 Å². The maximum absolute atomic E-state index is 13.1. The van der Waals surface area contributed by atoms with Crippen molar-refractivity contribution in [3.05, 3.63) is 72.2 Å². The summed E-state index contributed by atoms with van der Waals surface area (Å²) < 4.78 is 10.4. The molecule has 0 radical (unpaired) electrons. The Hall–Kier alpha value is -2.82. The van der Waals surface area contributed by atoms with E-state index in [0.29, 0.717) is 24.5 Å². The van der Waals surface area contributed by atoms with Gasteiger partial charge >= 0.3 is 5.97 Å². The van der Waals surface area contributed by atoms with Crippen LogP contribution in [-0.4, -0.2) is 29.4 Å². The van der Waals surface area contributed by atoms with E-state index >= 15 is 0 Å². The third kappa shape index (κ3) is 5.34. The van der Waals surface area contributed by atoms with Crippen LogP contribution in [0, 0.1) is 5.92 Å². The number of ether oxygens (including phenoxy) is 1. The summed E-state index contributed by atoms with van der Waals surface area (Å²) in [5, 5.41) is 0. The largest absolute Gasteiger partial charge is 0.467 e. The highest BCUT2D eigenvalue weighted by Crippen LogP contribution is 2.20. The molecule has 1 unspecified atom stereocenters. The topological polar surface area (TPSA) is 59.8 Å². The highest BCUT2D eigenvalue weighted by Gasteiger charge is 2.26. The van der Waals surface area contributed by atoms with Crippen molar-refractivity contribution < 1.29 is 18.7 Å². The molecule has 138 valence electrons. The third-order valence-corrected chi connectivity index (χ3v) is 3.95. The monoisotopic (exact) mass is 355 g/mol. The van der Waals surface area contributed by atoms with Gasteiger partial charge in [0.15, 0.2) is 0 Å². The molecule has 0 bridgehead atoms. The van der Waals surface area contributed by atoms with Crippen molar-refractivity contribution in [2.75, 3.05) is 6.61 Å². The molecule has 5 heteroatoms. The summed E-state index contributed by atoms with van der Waals surface area (Å²) >= 11 is 0. The number of furan rings is 1. The van der Waals surface area contributed by atoms with Crippen LogP contribution >= 0.6 is 0 Å². The number of carbonyl (C=O) groups is 2. The standard InChI is InChI=1S/C21H25NO4/c1-4-25-20(23)13-12-19(16(2)3)22(15-18-11-8-14-26-18)21(24)17-9-6-5-7-10-17/h5-14,16,19H,4,15H2,1-3H3/b13-12+. The predicted molar refractivity (Wildman–Crippen MR) is 99.4 cm³/mol. The second-order valence-corrected chi connectivity index (χ2v) is 6.22. The fourth-order valence-corrected chi connectivity index (χ4v) is 2.68. The Balaban J connectivity index is 2.32. The van der Waals surface area contributed by atoms with E-state index in [4.69, 9.17) is 9.15 Å². The molecule has 0 fully saturated rings. The van der Waals surface area contributed by atoms with E-state index in [1.807, 2.05) is 38.1 Å². The number of amides is 1. The van der Waals surface area contributed by atoms with Gasteiger partial charge in [-0.1, -0.05) is 38.1 Å². The molecule has 0 saturated carbocycles. The van der Waals surface area contributed by atoms with E-state index in [1.54, 1.807) is 42.4 Å². The summed E-state index contributed by atoms with van der Waals surface area (Å²) in [5.41, 5.74) is 0.592. The van der Waals surface area contributed by atoms with E-state index in [0.717, 1.165) is 0 Å². The molecular weight excluding hydrogens is 330 g/mol. The fraction of sp³-hybridized carbons (Fsp3) is 0.333. The van der Waals surface area contributed by atoms with Crippen molar-refractivity contribution in [3.63, 3.8) is 0 Å². The number of hydrogen-bond acceptors (Lipinski definition) is 4. The number of hydrogen-bond donors (Lipinski definition) is 0. The second kappa shape index (κ2) is 9.61. The molecule has 0 saturated heterocycles. The lowest BCUT2D eigenvalue weighted by Crippen LogP contribution is -2.41. The molecule has 0 aliphatic heterocycles. The maximum atomic E-state index is 13.1. The SMILES string of the molecule is CCOC(=O)/C=C/C(C(C)C)N(Cc1ccco1)C(=O)c1ccccc1. The molecule has 1 aromatic carbocycles. The van der Waals surface area contributed by atoms with E-state index in [1.165, 1.54) is 6.08 Å². The summed E-state index contributed by atoms with van der Waals surface area (Å²) in [6.07, 6.45) is 4.70. The first-order valence-corrected chi connectivity index (χ1v) is 8.76. The molecule has 1 heterocycles. The smallest absolute Gasteiger partial charge is 0.330 e. The Labute approximate surface area is 154 Å². The van der Waals surface area contributed by atoms with E-state index in [-0.39, 0.29) is 17.9 Å². The molecule has 1 aromatic heterocycles. The Morgan fingerprint density at radius 1 is 1.15 bits per heavy atom. The molecule has 2 rings (SSSR count). The first-order valence-electron chi connectivity index (χ1n) is 8.76. The highest BCUT2D eigenvalue weighted by atomic mass is 16.5. The summed E-state index contributed by atoms with van der Waals surface area (Å²) in [6, 6.07) is 12.4. The molecule has 1 atom stereocenters. The number of carbonyl (C=O) groups excluding carboxylic acids is 2. The first kappa shape index (κ1) is 19.5. The lowest BCUT2D eigenvalue weighted by Gasteiger charge is -2.32. The molecule has 0 N–H and O–H groups in total. The minimum absolute atomic E-state index is 0.100. The minimum Gasteiger partial charge on any atom is -0.467 e. The van der Waals surface area contributed by atoms with Gasteiger partial charge in [-0.15, -0.1) is 0 Å². The van der Waals surface area contributed by atoms with Crippen LogP contribution < -0.4 is 0 Å². The lowest BCUT2D eigenvalue weighted by atomic mass is 10.00. The van der Waals surface area contributed by atoms with Crippen LogP contribution in [0.15, 0.2) is 65.3 Å². The quantitative estimate of drug-likeness (QED) is 0.529. The fourth-order valence-electron chi connectivity index (χ4n) is 2.68. The van der Waals surface area contributed by atoms with Crippen LogP contribution in [-0.2, 0) is 16.1 Å². The Bertz CT molecular complexity index is 720. The summed E-state index contributed by atoms with van der Waals surface area (Å²) in [5.74, 6) is 0.255. The van der Waals surface area contributed by atoms with Crippen molar-refractivity contribution >= 4 is 11.9 Å². The first-order chi connectivity index (χ1) is 12.5. The van der Waals surface area contributed by atoms with Crippen LogP contribution in [0.5, 0.6) is 0 Å². The van der Waals surface area contributed by atoms with Crippen LogP contribution in [0.25, 0.3) is 0 Å². The number of nitrogens with zero attached hydrogens (tertiary/aromatic N) is 1. The minimum atomic E-state index is -0.414. The van der Waals surface area contributed by atoms with E-state index in [2.05, 4.69) is 0 Å². The molecule has 0 aliphatic carbocycles. The van der Waals surface area contributed by atoms with Crippen LogP contribution in [0.2, 0.25) is 0 Å². The van der Waals surface area contributed by atoms with Gasteiger partial charge in [0, 0.05) is 11.6 Å². The van der Waals surface area contributed by atoms with Gasteiger partial charge in [-0.05, 0) is 37.1 Å². The van der Waals surface area contributed by atoms with Gasteiger partial charge < -0.3 is 14.1 Å². The van der Waals surface area contributed by atoms with Gasteiger partial charge in [-0.3, -0.25) is 4.79 Å². The molecule has 1 amide bonds. The van der Waals surface area contributed by atoms with Crippen molar-refractivity contribution in [1.29, 1.82) is 0 Å². The van der Waals surface area contributed by atoms with Crippen molar-refractivity contribution in [2.45, 2.75) is 33.4 Å². The van der Waals surface area contributed by atoms with Crippen LogP contribution in [0.3, 0.4) is 0 Å². The lowest BCUT2D eigenvalue weighted by molar-refractivity contribution is -0.137. The number of benzene rings is 1. The maximum Gasteiger partial charge on any atom is 0.330 e. The number of esters is 1. The van der Waals surface area contributed by atoms with Gasteiger partial charge in [0.2, 0.25) is 0 Å². The summed E-state index contributed by atoms with van der Waals surface area (Å²) in [6.45, 7) is 6.40.